The Morgan fingerprint density at radius 1 is 1.00 bits per heavy atom. The van der Waals surface area contributed by atoms with Gasteiger partial charge in [-0.15, -0.1) is 11.3 Å². The monoisotopic (exact) mass is 397 g/mol. The molecule has 1 saturated heterocycles. The Bertz CT molecular complexity index is 695. The number of nitrogens with one attached hydrogen (secondary N) is 1. The molecular formula is C18H27N3O5S. The van der Waals surface area contributed by atoms with E-state index in [-0.39, 0.29) is 24.8 Å². The minimum atomic E-state index is -0.562. The number of hydrogen-bond acceptors (Lipinski definition) is 7. The lowest BCUT2D eigenvalue weighted by atomic mass is 10.1. The van der Waals surface area contributed by atoms with E-state index >= 15 is 0 Å². The quantitative estimate of drug-likeness (QED) is 0.743. The summed E-state index contributed by atoms with van der Waals surface area (Å²) in [5.74, 6) is -1.07. The van der Waals surface area contributed by atoms with Gasteiger partial charge in [-0.05, 0) is 32.9 Å². The van der Waals surface area contributed by atoms with Crippen LogP contribution < -0.4 is 5.32 Å². The molecule has 0 aliphatic carbocycles. The molecule has 0 bridgehead atoms. The highest BCUT2D eigenvalue weighted by atomic mass is 32.1. The van der Waals surface area contributed by atoms with Gasteiger partial charge in [-0.2, -0.15) is 0 Å². The van der Waals surface area contributed by atoms with Gasteiger partial charge in [0.15, 0.2) is 0 Å². The number of hydrogen-bond donors (Lipinski definition) is 1. The molecule has 1 aromatic rings. The molecule has 0 radical (unpaired) electrons. The number of piperazine rings is 1. The van der Waals surface area contributed by atoms with Crippen molar-refractivity contribution in [2.45, 2.75) is 27.7 Å². The summed E-state index contributed by atoms with van der Waals surface area (Å²) in [7, 11) is 0. The third kappa shape index (κ3) is 4.98. The van der Waals surface area contributed by atoms with Crippen molar-refractivity contribution in [1.29, 1.82) is 0 Å². The Morgan fingerprint density at radius 3 is 2.15 bits per heavy atom. The van der Waals surface area contributed by atoms with Gasteiger partial charge in [-0.25, -0.2) is 14.4 Å². The Labute approximate surface area is 163 Å². The molecule has 2 rings (SSSR count). The zero-order valence-corrected chi connectivity index (χ0v) is 17.1. The number of thiophene rings is 1. The molecule has 8 nitrogen and oxygen atoms in total. The first kappa shape index (κ1) is 21.2. The zero-order chi connectivity index (χ0) is 20.0. The molecule has 2 heterocycles. The van der Waals surface area contributed by atoms with Crippen molar-refractivity contribution >= 4 is 34.3 Å². The van der Waals surface area contributed by atoms with E-state index in [4.69, 9.17) is 9.47 Å². The van der Waals surface area contributed by atoms with Gasteiger partial charge in [0.2, 0.25) is 0 Å². The summed E-state index contributed by atoms with van der Waals surface area (Å²) in [5.41, 5.74) is 0.674. The molecule has 1 fully saturated rings. The summed E-state index contributed by atoms with van der Waals surface area (Å²) >= 11 is 1.04. The molecule has 0 spiro atoms. The van der Waals surface area contributed by atoms with Crippen molar-refractivity contribution in [3.05, 3.63) is 16.0 Å². The van der Waals surface area contributed by atoms with E-state index in [0.717, 1.165) is 31.0 Å². The molecule has 0 unspecified atom stereocenters. The van der Waals surface area contributed by atoms with Crippen molar-refractivity contribution in [1.82, 2.24) is 9.80 Å². The maximum Gasteiger partial charge on any atom is 0.348 e. The first-order valence-corrected chi connectivity index (χ1v) is 10.00. The number of rotatable bonds is 6. The van der Waals surface area contributed by atoms with Gasteiger partial charge in [-0.3, -0.25) is 5.32 Å². The molecule has 150 valence electrons. The second kappa shape index (κ2) is 9.70. The molecule has 1 aromatic heterocycles. The standard InChI is InChI=1S/C18H27N3O5S/c1-5-20-8-10-21(11-9-20)18(24)19-15-13(16(22)25-6-2)12(4)14(27-15)17(23)26-7-3/h5-11H2,1-4H3,(H,19,24). The van der Waals surface area contributed by atoms with Crippen molar-refractivity contribution in [3.8, 4) is 0 Å². The molecule has 9 heteroatoms. The van der Waals surface area contributed by atoms with Gasteiger partial charge in [0.1, 0.15) is 9.88 Å². The maximum atomic E-state index is 12.6. The van der Waals surface area contributed by atoms with Gasteiger partial charge in [0.25, 0.3) is 0 Å². The lowest BCUT2D eigenvalue weighted by Gasteiger charge is -2.33. The molecule has 1 aliphatic heterocycles. The first-order valence-electron chi connectivity index (χ1n) is 9.18. The van der Waals surface area contributed by atoms with E-state index in [1.807, 2.05) is 0 Å². The third-order valence-corrected chi connectivity index (χ3v) is 5.60. The van der Waals surface area contributed by atoms with Crippen molar-refractivity contribution in [2.24, 2.45) is 0 Å². The summed E-state index contributed by atoms with van der Waals surface area (Å²) in [6.07, 6.45) is 0. The molecule has 0 aromatic carbocycles. The number of nitrogens with zero attached hydrogens (tertiary/aromatic N) is 2. The average Bonchev–Trinajstić information content (AvgIpc) is 2.98. The second-order valence-corrected chi connectivity index (χ2v) is 7.07. The summed E-state index contributed by atoms with van der Waals surface area (Å²) < 4.78 is 10.2. The lowest BCUT2D eigenvalue weighted by molar-refractivity contribution is 0.0527. The number of anilines is 1. The van der Waals surface area contributed by atoms with Gasteiger partial charge < -0.3 is 19.3 Å². The highest BCUT2D eigenvalue weighted by Crippen LogP contribution is 2.34. The smallest absolute Gasteiger partial charge is 0.348 e. The number of likely N-dealkylation sites (N-methyl/N-ethyl adjacent to an activating group) is 1. The average molecular weight is 397 g/mol. The van der Waals surface area contributed by atoms with E-state index in [2.05, 4.69) is 17.1 Å². The summed E-state index contributed by atoms with van der Waals surface area (Å²) in [5, 5.41) is 3.11. The SMILES string of the molecule is CCOC(=O)c1sc(NC(=O)N2CCN(CC)CC2)c(C(=O)OCC)c1C. The molecule has 27 heavy (non-hydrogen) atoms. The number of esters is 2. The van der Waals surface area contributed by atoms with Crippen molar-refractivity contribution in [3.63, 3.8) is 0 Å². The van der Waals surface area contributed by atoms with Gasteiger partial charge in [-0.1, -0.05) is 6.92 Å². The number of ether oxygens (including phenoxy) is 2. The zero-order valence-electron chi connectivity index (χ0n) is 16.3. The first-order chi connectivity index (χ1) is 12.9. The Balaban J connectivity index is 2.23. The predicted molar refractivity (Wildman–Crippen MR) is 104 cm³/mol. The molecule has 1 N–H and O–H groups in total. The lowest BCUT2D eigenvalue weighted by Crippen LogP contribution is -2.49. The number of urea groups is 1. The fraction of sp³-hybridized carbons (Fsp3) is 0.611. The van der Waals surface area contributed by atoms with Crippen LogP contribution in [0.2, 0.25) is 0 Å². The Kier molecular flexibility index (Phi) is 7.61. The van der Waals surface area contributed by atoms with Gasteiger partial charge >= 0.3 is 18.0 Å². The van der Waals surface area contributed by atoms with Crippen LogP contribution >= 0.6 is 11.3 Å². The normalized spacial score (nSPS) is 14.7. The highest BCUT2D eigenvalue weighted by Gasteiger charge is 2.29. The largest absolute Gasteiger partial charge is 0.462 e. The van der Waals surface area contributed by atoms with E-state index < -0.39 is 11.9 Å². The van der Waals surface area contributed by atoms with Crippen LogP contribution in [-0.2, 0) is 9.47 Å². The van der Waals surface area contributed by atoms with Crippen molar-refractivity contribution < 1.29 is 23.9 Å². The number of carbonyl (C=O) groups is 3. The van der Waals surface area contributed by atoms with Crippen molar-refractivity contribution in [2.75, 3.05) is 51.3 Å². The predicted octanol–water partition coefficient (Wildman–Crippen LogP) is 2.58. The van der Waals surface area contributed by atoms with E-state index in [1.54, 1.807) is 25.7 Å². The second-order valence-electron chi connectivity index (χ2n) is 6.05. The number of carbonyl (C=O) groups excluding carboxylic acids is 3. The topological polar surface area (TPSA) is 88.2 Å². The third-order valence-electron chi connectivity index (χ3n) is 4.41. The number of amides is 2. The van der Waals surface area contributed by atoms with Crippen LogP contribution in [0.15, 0.2) is 0 Å². The molecule has 0 atom stereocenters. The summed E-state index contributed by atoms with van der Waals surface area (Å²) in [6, 6.07) is -0.284. The van der Waals surface area contributed by atoms with Crippen LogP contribution in [0.1, 0.15) is 46.4 Å². The van der Waals surface area contributed by atoms with E-state index in [0.29, 0.717) is 28.5 Å². The van der Waals surface area contributed by atoms with Gasteiger partial charge in [0, 0.05) is 26.2 Å². The maximum absolute atomic E-state index is 12.6. The molecule has 2 amide bonds. The van der Waals surface area contributed by atoms with Crippen LogP contribution in [0.3, 0.4) is 0 Å². The van der Waals surface area contributed by atoms with Crippen LogP contribution in [0.4, 0.5) is 9.80 Å². The minimum absolute atomic E-state index is 0.204. The molecular weight excluding hydrogens is 370 g/mol. The van der Waals surface area contributed by atoms with Crippen LogP contribution in [0, 0.1) is 6.92 Å². The van der Waals surface area contributed by atoms with Gasteiger partial charge in [0.05, 0.1) is 18.8 Å². The fourth-order valence-electron chi connectivity index (χ4n) is 2.89. The summed E-state index contributed by atoms with van der Waals surface area (Å²) in [6.45, 7) is 11.4. The van der Waals surface area contributed by atoms with E-state index in [1.165, 1.54) is 0 Å². The van der Waals surface area contributed by atoms with E-state index in [9.17, 15) is 14.4 Å². The highest BCUT2D eigenvalue weighted by molar-refractivity contribution is 7.18. The van der Waals surface area contributed by atoms with Crippen LogP contribution in [0.25, 0.3) is 0 Å². The Hall–Kier alpha value is -2.13. The van der Waals surface area contributed by atoms with Crippen LogP contribution in [0.5, 0.6) is 0 Å². The fourth-order valence-corrected chi connectivity index (χ4v) is 3.96. The molecule has 1 aliphatic rings. The Morgan fingerprint density at radius 2 is 1.59 bits per heavy atom. The van der Waals surface area contributed by atoms with Crippen LogP contribution in [-0.4, -0.2) is 73.7 Å². The summed E-state index contributed by atoms with van der Waals surface area (Å²) in [4.78, 5) is 41.5. The molecule has 0 saturated carbocycles. The minimum Gasteiger partial charge on any atom is -0.462 e.